The van der Waals surface area contributed by atoms with Crippen molar-refractivity contribution in [3.63, 3.8) is 0 Å². The van der Waals surface area contributed by atoms with Gasteiger partial charge in [0.25, 0.3) is 5.91 Å². The summed E-state index contributed by atoms with van der Waals surface area (Å²) in [6.07, 6.45) is 4.36. The number of benzene rings is 1. The lowest BCUT2D eigenvalue weighted by Gasteiger charge is -2.52. The van der Waals surface area contributed by atoms with E-state index in [1.54, 1.807) is 12.1 Å². The molecule has 0 aliphatic carbocycles. The number of rotatable bonds is 3. The maximum atomic E-state index is 12.7. The SMILES string of the molecule is C[C@]12CCCN[C@@H]1CCCN2C(=O)COc1ccccc1Cl. The molecule has 1 aromatic carbocycles. The molecule has 120 valence electrons. The van der Waals surface area contributed by atoms with Crippen molar-refractivity contribution in [1.82, 2.24) is 10.2 Å². The molecule has 1 N–H and O–H groups in total. The first-order valence-corrected chi connectivity index (χ1v) is 8.40. The number of hydrogen-bond donors (Lipinski definition) is 1. The first-order valence-electron chi connectivity index (χ1n) is 8.02. The van der Waals surface area contributed by atoms with Gasteiger partial charge in [-0.1, -0.05) is 23.7 Å². The summed E-state index contributed by atoms with van der Waals surface area (Å²) < 4.78 is 5.63. The standard InChI is InChI=1S/C17H23ClN2O2/c1-17-9-5-10-19-15(17)8-4-11-20(17)16(21)12-22-14-7-3-2-6-13(14)18/h2-3,6-7,15,19H,4-5,8-12H2,1H3/t15-,17+/m1/s1. The van der Waals surface area contributed by atoms with Crippen LogP contribution in [0.3, 0.4) is 0 Å². The molecular formula is C17H23ClN2O2. The Labute approximate surface area is 136 Å². The predicted octanol–water partition coefficient (Wildman–Crippen LogP) is 2.85. The van der Waals surface area contributed by atoms with E-state index in [0.717, 1.165) is 38.8 Å². The molecule has 0 aromatic heterocycles. The Hall–Kier alpha value is -1.26. The molecule has 1 amide bonds. The molecule has 0 radical (unpaired) electrons. The van der Waals surface area contributed by atoms with Crippen LogP contribution in [0.15, 0.2) is 24.3 Å². The van der Waals surface area contributed by atoms with E-state index in [0.29, 0.717) is 16.8 Å². The minimum absolute atomic E-state index is 0.0477. The second kappa shape index (κ2) is 6.47. The number of nitrogens with one attached hydrogen (secondary N) is 1. The number of piperidine rings is 2. The van der Waals surface area contributed by atoms with Crippen LogP contribution in [0, 0.1) is 0 Å². The van der Waals surface area contributed by atoms with Gasteiger partial charge < -0.3 is 15.0 Å². The summed E-state index contributed by atoms with van der Waals surface area (Å²) in [6.45, 7) is 4.13. The van der Waals surface area contributed by atoms with Crippen molar-refractivity contribution < 1.29 is 9.53 Å². The molecule has 4 nitrogen and oxygen atoms in total. The number of carbonyl (C=O) groups excluding carboxylic acids is 1. The van der Waals surface area contributed by atoms with Gasteiger partial charge in [0.15, 0.2) is 6.61 Å². The molecule has 22 heavy (non-hydrogen) atoms. The molecule has 2 fully saturated rings. The maximum Gasteiger partial charge on any atom is 0.261 e. The normalized spacial score (nSPS) is 28.1. The van der Waals surface area contributed by atoms with Crippen molar-refractivity contribution in [3.05, 3.63) is 29.3 Å². The molecule has 2 aliphatic heterocycles. The summed E-state index contributed by atoms with van der Waals surface area (Å²) >= 11 is 6.07. The highest BCUT2D eigenvalue weighted by molar-refractivity contribution is 6.32. The lowest BCUT2D eigenvalue weighted by atomic mass is 9.77. The maximum absolute atomic E-state index is 12.7. The van der Waals surface area contributed by atoms with E-state index in [1.165, 1.54) is 0 Å². The molecule has 5 heteroatoms. The summed E-state index contributed by atoms with van der Waals surface area (Å²) in [4.78, 5) is 14.7. The topological polar surface area (TPSA) is 41.6 Å². The first kappa shape index (κ1) is 15.6. The molecule has 0 unspecified atom stereocenters. The number of carbonyl (C=O) groups is 1. The van der Waals surface area contributed by atoms with Crippen molar-refractivity contribution in [3.8, 4) is 5.75 Å². The molecule has 2 atom stereocenters. The molecule has 3 rings (SSSR count). The van der Waals surface area contributed by atoms with Gasteiger partial charge in [-0.15, -0.1) is 0 Å². The molecule has 2 saturated heterocycles. The quantitative estimate of drug-likeness (QED) is 0.930. The summed E-state index contributed by atoms with van der Waals surface area (Å²) in [6, 6.07) is 7.67. The zero-order chi connectivity index (χ0) is 15.6. The smallest absolute Gasteiger partial charge is 0.261 e. The Morgan fingerprint density at radius 2 is 2.27 bits per heavy atom. The van der Waals surface area contributed by atoms with Crippen molar-refractivity contribution in [1.29, 1.82) is 0 Å². The van der Waals surface area contributed by atoms with Gasteiger partial charge in [-0.05, 0) is 51.3 Å². The van der Waals surface area contributed by atoms with Crippen molar-refractivity contribution in [2.45, 2.75) is 44.2 Å². The minimum atomic E-state index is -0.0859. The van der Waals surface area contributed by atoms with E-state index in [2.05, 4.69) is 12.2 Å². The number of fused-ring (bicyclic) bond motifs is 1. The molecule has 2 heterocycles. The molecule has 1 aromatic rings. The summed E-state index contributed by atoms with van der Waals surface area (Å²) in [5.74, 6) is 0.619. The lowest BCUT2D eigenvalue weighted by molar-refractivity contribution is -0.144. The zero-order valence-electron chi connectivity index (χ0n) is 13.0. The molecule has 0 spiro atoms. The highest BCUT2D eigenvalue weighted by Gasteiger charge is 2.45. The van der Waals surface area contributed by atoms with Crippen LogP contribution in [-0.4, -0.2) is 42.1 Å². The van der Waals surface area contributed by atoms with Gasteiger partial charge in [0, 0.05) is 12.6 Å². The van der Waals surface area contributed by atoms with Gasteiger partial charge in [-0.3, -0.25) is 4.79 Å². The number of hydrogen-bond acceptors (Lipinski definition) is 3. The van der Waals surface area contributed by atoms with Crippen LogP contribution in [-0.2, 0) is 4.79 Å². The highest BCUT2D eigenvalue weighted by atomic mass is 35.5. The minimum Gasteiger partial charge on any atom is -0.482 e. The third kappa shape index (κ3) is 2.95. The van der Waals surface area contributed by atoms with Gasteiger partial charge in [0.05, 0.1) is 10.6 Å². The third-order valence-electron chi connectivity index (χ3n) is 4.98. The number of halogens is 1. The monoisotopic (exact) mass is 322 g/mol. The van der Waals surface area contributed by atoms with E-state index >= 15 is 0 Å². The van der Waals surface area contributed by atoms with E-state index < -0.39 is 0 Å². The number of ether oxygens (including phenoxy) is 1. The van der Waals surface area contributed by atoms with E-state index in [9.17, 15) is 4.79 Å². The number of likely N-dealkylation sites (tertiary alicyclic amines) is 1. The molecular weight excluding hydrogens is 300 g/mol. The van der Waals surface area contributed by atoms with Crippen LogP contribution in [0.4, 0.5) is 0 Å². The average Bonchev–Trinajstić information content (AvgIpc) is 2.52. The fraction of sp³-hybridized carbons (Fsp3) is 0.588. The average molecular weight is 323 g/mol. The Balaban J connectivity index is 1.67. The first-order chi connectivity index (χ1) is 10.6. The van der Waals surface area contributed by atoms with Crippen LogP contribution in [0.25, 0.3) is 0 Å². The number of para-hydroxylation sites is 1. The lowest BCUT2D eigenvalue weighted by Crippen LogP contribution is -2.67. The van der Waals surface area contributed by atoms with Crippen LogP contribution in [0.2, 0.25) is 5.02 Å². The summed E-state index contributed by atoms with van der Waals surface area (Å²) in [5, 5.41) is 4.11. The van der Waals surface area contributed by atoms with Crippen LogP contribution < -0.4 is 10.1 Å². The number of nitrogens with zero attached hydrogens (tertiary/aromatic N) is 1. The van der Waals surface area contributed by atoms with E-state index in [1.807, 2.05) is 17.0 Å². The van der Waals surface area contributed by atoms with Crippen LogP contribution in [0.5, 0.6) is 5.75 Å². The highest BCUT2D eigenvalue weighted by Crippen LogP contribution is 2.35. The van der Waals surface area contributed by atoms with E-state index in [-0.39, 0.29) is 18.1 Å². The molecule has 2 aliphatic rings. The van der Waals surface area contributed by atoms with Crippen LogP contribution in [0.1, 0.15) is 32.6 Å². The van der Waals surface area contributed by atoms with Crippen molar-refractivity contribution >= 4 is 17.5 Å². The van der Waals surface area contributed by atoms with Gasteiger partial charge in [-0.25, -0.2) is 0 Å². The Bertz CT molecular complexity index is 549. The largest absolute Gasteiger partial charge is 0.482 e. The van der Waals surface area contributed by atoms with Gasteiger partial charge in [-0.2, -0.15) is 0 Å². The Kier molecular flexibility index (Phi) is 4.59. The summed E-state index contributed by atoms with van der Waals surface area (Å²) in [7, 11) is 0. The van der Waals surface area contributed by atoms with E-state index in [4.69, 9.17) is 16.3 Å². The van der Waals surface area contributed by atoms with Gasteiger partial charge in [0.2, 0.25) is 0 Å². The molecule has 0 saturated carbocycles. The third-order valence-corrected chi connectivity index (χ3v) is 5.29. The molecule has 0 bridgehead atoms. The fourth-order valence-electron chi connectivity index (χ4n) is 3.75. The van der Waals surface area contributed by atoms with Crippen molar-refractivity contribution in [2.75, 3.05) is 19.7 Å². The van der Waals surface area contributed by atoms with Gasteiger partial charge >= 0.3 is 0 Å². The predicted molar refractivity (Wildman–Crippen MR) is 87.3 cm³/mol. The van der Waals surface area contributed by atoms with Crippen molar-refractivity contribution in [2.24, 2.45) is 0 Å². The second-order valence-corrected chi connectivity index (χ2v) is 6.78. The fourth-order valence-corrected chi connectivity index (χ4v) is 3.94. The zero-order valence-corrected chi connectivity index (χ0v) is 13.7. The number of amides is 1. The Morgan fingerprint density at radius 1 is 1.45 bits per heavy atom. The Morgan fingerprint density at radius 3 is 3.09 bits per heavy atom. The summed E-state index contributed by atoms with van der Waals surface area (Å²) in [5.41, 5.74) is -0.0859. The second-order valence-electron chi connectivity index (χ2n) is 6.37. The van der Waals surface area contributed by atoms with Crippen LogP contribution >= 0.6 is 11.6 Å². The van der Waals surface area contributed by atoms with Gasteiger partial charge in [0.1, 0.15) is 5.75 Å².